The summed E-state index contributed by atoms with van der Waals surface area (Å²) in [5, 5.41) is 0.686. The van der Waals surface area contributed by atoms with Crippen LogP contribution in [0, 0.1) is 5.92 Å². The molecule has 0 saturated carbocycles. The lowest BCUT2D eigenvalue weighted by molar-refractivity contribution is 0.0521. The van der Waals surface area contributed by atoms with Gasteiger partial charge >= 0.3 is 5.97 Å². The molecule has 0 fully saturated rings. The summed E-state index contributed by atoms with van der Waals surface area (Å²) in [6, 6.07) is 3.04. The number of hydrogen-bond acceptors (Lipinski definition) is 3. The molecule has 0 amide bonds. The summed E-state index contributed by atoms with van der Waals surface area (Å²) >= 11 is 11.9. The van der Waals surface area contributed by atoms with Crippen LogP contribution in [-0.2, 0) is 4.74 Å². The minimum Gasteiger partial charge on any atom is -0.491 e. The Labute approximate surface area is 117 Å². The predicted molar refractivity (Wildman–Crippen MR) is 72.8 cm³/mol. The van der Waals surface area contributed by atoms with Crippen molar-refractivity contribution in [2.45, 2.75) is 20.8 Å². The number of carbonyl (C=O) groups is 1. The van der Waals surface area contributed by atoms with Gasteiger partial charge in [-0.15, -0.1) is 0 Å². The first kappa shape index (κ1) is 15.1. The van der Waals surface area contributed by atoms with Gasteiger partial charge in [0, 0.05) is 5.02 Å². The minimum atomic E-state index is -0.486. The second kappa shape index (κ2) is 6.86. The molecule has 0 aliphatic carbocycles. The van der Waals surface area contributed by atoms with Crippen LogP contribution in [0.1, 0.15) is 31.1 Å². The van der Waals surface area contributed by atoms with Gasteiger partial charge in [-0.05, 0) is 25.0 Å². The van der Waals surface area contributed by atoms with E-state index in [1.807, 2.05) is 13.8 Å². The molecule has 0 spiro atoms. The molecule has 1 aromatic rings. The van der Waals surface area contributed by atoms with E-state index in [2.05, 4.69) is 0 Å². The zero-order valence-electron chi connectivity index (χ0n) is 10.6. The Balaban J connectivity index is 3.08. The van der Waals surface area contributed by atoms with Crippen LogP contribution in [-0.4, -0.2) is 19.2 Å². The largest absolute Gasteiger partial charge is 0.491 e. The van der Waals surface area contributed by atoms with Crippen LogP contribution in [0.3, 0.4) is 0 Å². The number of carbonyl (C=O) groups excluding carboxylic acids is 1. The first-order valence-corrected chi connectivity index (χ1v) is 6.50. The maximum Gasteiger partial charge on any atom is 0.342 e. The van der Waals surface area contributed by atoms with Crippen LogP contribution in [0.5, 0.6) is 5.75 Å². The highest BCUT2D eigenvalue weighted by Gasteiger charge is 2.18. The normalized spacial score (nSPS) is 10.6. The van der Waals surface area contributed by atoms with Crippen LogP contribution in [0.25, 0.3) is 0 Å². The lowest BCUT2D eigenvalue weighted by Crippen LogP contribution is -2.11. The van der Waals surface area contributed by atoms with Crippen molar-refractivity contribution >= 4 is 29.2 Å². The van der Waals surface area contributed by atoms with Crippen molar-refractivity contribution in [1.82, 2.24) is 0 Å². The van der Waals surface area contributed by atoms with Crippen LogP contribution in [0.4, 0.5) is 0 Å². The fourth-order valence-electron chi connectivity index (χ4n) is 1.32. The Morgan fingerprint density at radius 1 is 1.33 bits per heavy atom. The van der Waals surface area contributed by atoms with Crippen molar-refractivity contribution in [3.63, 3.8) is 0 Å². The number of rotatable bonds is 5. The Bertz CT molecular complexity index is 430. The molecule has 0 N–H and O–H groups in total. The average molecular weight is 291 g/mol. The van der Waals surface area contributed by atoms with Gasteiger partial charge in [0.05, 0.1) is 18.2 Å². The predicted octanol–water partition coefficient (Wildman–Crippen LogP) is 4.20. The number of halogens is 2. The third kappa shape index (κ3) is 4.07. The van der Waals surface area contributed by atoms with Gasteiger partial charge in [0.2, 0.25) is 0 Å². The third-order valence-electron chi connectivity index (χ3n) is 2.06. The Morgan fingerprint density at radius 2 is 2.00 bits per heavy atom. The van der Waals surface area contributed by atoms with Gasteiger partial charge in [-0.25, -0.2) is 4.79 Å². The molecular formula is C13H16Cl2O3. The average Bonchev–Trinajstić information content (AvgIpc) is 2.26. The van der Waals surface area contributed by atoms with Crippen molar-refractivity contribution in [2.75, 3.05) is 13.2 Å². The van der Waals surface area contributed by atoms with E-state index in [0.717, 1.165) is 0 Å². The third-order valence-corrected chi connectivity index (χ3v) is 2.56. The van der Waals surface area contributed by atoms with Gasteiger partial charge in [-0.2, -0.15) is 0 Å². The summed E-state index contributed by atoms with van der Waals surface area (Å²) in [7, 11) is 0. The molecule has 1 rings (SSSR count). The van der Waals surface area contributed by atoms with Crippen molar-refractivity contribution < 1.29 is 14.3 Å². The van der Waals surface area contributed by atoms with E-state index in [1.165, 1.54) is 6.07 Å². The maximum absolute atomic E-state index is 11.8. The van der Waals surface area contributed by atoms with Gasteiger partial charge in [0.25, 0.3) is 0 Å². The summed E-state index contributed by atoms with van der Waals surface area (Å²) in [6.45, 7) is 6.50. The van der Waals surface area contributed by atoms with Crippen LogP contribution in [0.15, 0.2) is 12.1 Å². The fraction of sp³-hybridized carbons (Fsp3) is 0.462. The molecule has 100 valence electrons. The number of ether oxygens (including phenoxy) is 2. The SMILES string of the molecule is CCOC(=O)c1cc(Cl)cc(Cl)c1OCC(C)C. The highest BCUT2D eigenvalue weighted by molar-refractivity contribution is 6.36. The lowest BCUT2D eigenvalue weighted by atomic mass is 10.2. The molecule has 0 aromatic heterocycles. The smallest absolute Gasteiger partial charge is 0.342 e. The topological polar surface area (TPSA) is 35.5 Å². The van der Waals surface area contributed by atoms with Crippen molar-refractivity contribution in [2.24, 2.45) is 5.92 Å². The van der Waals surface area contributed by atoms with E-state index in [-0.39, 0.29) is 12.2 Å². The van der Waals surface area contributed by atoms with Crippen molar-refractivity contribution in [3.05, 3.63) is 27.7 Å². The zero-order valence-corrected chi connectivity index (χ0v) is 12.1. The molecule has 18 heavy (non-hydrogen) atoms. The summed E-state index contributed by atoms with van der Waals surface area (Å²) in [5.41, 5.74) is 0.259. The summed E-state index contributed by atoms with van der Waals surface area (Å²) in [5.74, 6) is 0.167. The molecule has 0 unspecified atom stereocenters. The van der Waals surface area contributed by atoms with Gasteiger partial charge in [-0.3, -0.25) is 0 Å². The molecular weight excluding hydrogens is 275 g/mol. The van der Waals surface area contributed by atoms with Gasteiger partial charge in [-0.1, -0.05) is 37.0 Å². The van der Waals surface area contributed by atoms with Gasteiger partial charge in [0.1, 0.15) is 5.56 Å². The molecule has 0 radical (unpaired) electrons. The maximum atomic E-state index is 11.8. The highest BCUT2D eigenvalue weighted by Crippen LogP contribution is 2.33. The Hall–Kier alpha value is -0.930. The van der Waals surface area contributed by atoms with E-state index in [0.29, 0.717) is 28.3 Å². The first-order valence-electron chi connectivity index (χ1n) is 5.74. The van der Waals surface area contributed by atoms with Crippen molar-refractivity contribution in [1.29, 1.82) is 0 Å². The quantitative estimate of drug-likeness (QED) is 0.762. The van der Waals surface area contributed by atoms with Gasteiger partial charge < -0.3 is 9.47 Å². The molecule has 0 saturated heterocycles. The highest BCUT2D eigenvalue weighted by atomic mass is 35.5. The Kier molecular flexibility index (Phi) is 5.76. The molecule has 1 aromatic carbocycles. The fourth-order valence-corrected chi connectivity index (χ4v) is 1.87. The molecule has 5 heteroatoms. The van der Waals surface area contributed by atoms with Crippen molar-refractivity contribution in [3.8, 4) is 5.75 Å². The second-order valence-corrected chi connectivity index (χ2v) is 5.03. The van der Waals surface area contributed by atoms with E-state index in [4.69, 9.17) is 32.7 Å². The first-order chi connectivity index (χ1) is 8.45. The summed E-state index contributed by atoms with van der Waals surface area (Å²) < 4.78 is 10.5. The molecule has 0 bridgehead atoms. The monoisotopic (exact) mass is 290 g/mol. The lowest BCUT2D eigenvalue weighted by Gasteiger charge is -2.14. The molecule has 0 atom stereocenters. The number of esters is 1. The van der Waals surface area contributed by atoms with E-state index in [1.54, 1.807) is 13.0 Å². The van der Waals surface area contributed by atoms with E-state index >= 15 is 0 Å². The number of hydrogen-bond donors (Lipinski definition) is 0. The zero-order chi connectivity index (χ0) is 13.7. The second-order valence-electron chi connectivity index (χ2n) is 4.19. The molecule has 0 aliphatic heterocycles. The minimum absolute atomic E-state index is 0.259. The number of benzene rings is 1. The van der Waals surface area contributed by atoms with E-state index in [9.17, 15) is 4.79 Å². The molecule has 0 aliphatic rings. The standard InChI is InChI=1S/C13H16Cl2O3/c1-4-17-13(16)10-5-9(14)6-11(15)12(10)18-7-8(2)3/h5-6,8H,4,7H2,1-3H3. The van der Waals surface area contributed by atoms with Gasteiger partial charge in [0.15, 0.2) is 5.75 Å². The molecule has 0 heterocycles. The van der Waals surface area contributed by atoms with Crippen LogP contribution < -0.4 is 4.74 Å². The van der Waals surface area contributed by atoms with Crippen LogP contribution >= 0.6 is 23.2 Å². The van der Waals surface area contributed by atoms with Crippen LogP contribution in [0.2, 0.25) is 10.0 Å². The Morgan fingerprint density at radius 3 is 2.56 bits per heavy atom. The summed E-state index contributed by atoms with van der Waals surface area (Å²) in [4.78, 5) is 11.8. The van der Waals surface area contributed by atoms with E-state index < -0.39 is 5.97 Å². The molecule has 3 nitrogen and oxygen atoms in total. The summed E-state index contributed by atoms with van der Waals surface area (Å²) in [6.07, 6.45) is 0.